The summed E-state index contributed by atoms with van der Waals surface area (Å²) in [5.41, 5.74) is 1.08. The molecule has 1 aromatic rings. The van der Waals surface area contributed by atoms with Crippen molar-refractivity contribution in [1.29, 1.82) is 5.26 Å². The molecule has 0 radical (unpaired) electrons. The third-order valence-electron chi connectivity index (χ3n) is 2.93. The number of rotatable bonds is 6. The first-order valence-corrected chi connectivity index (χ1v) is 6.04. The summed E-state index contributed by atoms with van der Waals surface area (Å²) in [4.78, 5) is 13.8. The van der Waals surface area contributed by atoms with Crippen LogP contribution in [0.15, 0.2) is 30.3 Å². The van der Waals surface area contributed by atoms with Crippen molar-refractivity contribution >= 4 is 5.91 Å². The Morgan fingerprint density at radius 2 is 2.11 bits per heavy atom. The number of nitrogens with zero attached hydrogens (tertiary/aromatic N) is 2. The highest BCUT2D eigenvalue weighted by molar-refractivity contribution is 5.81. The van der Waals surface area contributed by atoms with Gasteiger partial charge >= 0.3 is 0 Å². The van der Waals surface area contributed by atoms with E-state index in [0.29, 0.717) is 19.5 Å². The summed E-state index contributed by atoms with van der Waals surface area (Å²) in [6.45, 7) is 2.99. The van der Waals surface area contributed by atoms with Crippen LogP contribution in [-0.2, 0) is 11.3 Å². The molecule has 96 valence electrons. The second kappa shape index (κ2) is 7.46. The maximum absolute atomic E-state index is 11.9. The average Bonchev–Trinajstić information content (AvgIpc) is 2.42. The van der Waals surface area contributed by atoms with E-state index >= 15 is 0 Å². The lowest BCUT2D eigenvalue weighted by Gasteiger charge is -2.22. The lowest BCUT2D eigenvalue weighted by molar-refractivity contribution is -0.125. The summed E-state index contributed by atoms with van der Waals surface area (Å²) in [5, 5.41) is 11.4. The molecule has 1 aromatic carbocycles. The van der Waals surface area contributed by atoms with Gasteiger partial charge in [-0.15, -0.1) is 0 Å². The Labute approximate surface area is 108 Å². The fraction of sp³-hybridized carbons (Fsp3) is 0.429. The summed E-state index contributed by atoms with van der Waals surface area (Å²) >= 11 is 0. The molecule has 0 saturated carbocycles. The van der Waals surface area contributed by atoms with E-state index < -0.39 is 0 Å². The van der Waals surface area contributed by atoms with Crippen molar-refractivity contribution in [3.8, 4) is 6.07 Å². The number of hydrogen-bond donors (Lipinski definition) is 1. The predicted molar refractivity (Wildman–Crippen MR) is 70.6 cm³/mol. The standard InChI is InChI=1S/C14H19N3O/c1-12(17(2)10-6-9-15)14(18)16-11-13-7-4-3-5-8-13/h3-5,7-8,12H,6,10-11H2,1-2H3,(H,16,18). The number of carbonyl (C=O) groups excluding carboxylic acids is 1. The van der Waals surface area contributed by atoms with Gasteiger partial charge in [-0.25, -0.2) is 0 Å². The molecule has 1 rings (SSSR count). The van der Waals surface area contributed by atoms with E-state index in [1.54, 1.807) is 0 Å². The number of amides is 1. The first kappa shape index (κ1) is 14.2. The van der Waals surface area contributed by atoms with E-state index in [-0.39, 0.29) is 11.9 Å². The largest absolute Gasteiger partial charge is 0.351 e. The maximum atomic E-state index is 11.9. The fourth-order valence-corrected chi connectivity index (χ4v) is 1.55. The zero-order chi connectivity index (χ0) is 13.4. The molecule has 18 heavy (non-hydrogen) atoms. The monoisotopic (exact) mass is 245 g/mol. The van der Waals surface area contributed by atoms with Crippen molar-refractivity contribution in [1.82, 2.24) is 10.2 Å². The van der Waals surface area contributed by atoms with Crippen LogP contribution in [0.5, 0.6) is 0 Å². The fourth-order valence-electron chi connectivity index (χ4n) is 1.55. The smallest absolute Gasteiger partial charge is 0.237 e. The first-order chi connectivity index (χ1) is 8.65. The first-order valence-electron chi connectivity index (χ1n) is 6.04. The highest BCUT2D eigenvalue weighted by atomic mass is 16.2. The molecular formula is C14H19N3O. The Kier molecular flexibility index (Phi) is 5.89. The molecule has 1 amide bonds. The lowest BCUT2D eigenvalue weighted by Crippen LogP contribution is -2.43. The molecular weight excluding hydrogens is 226 g/mol. The second-order valence-corrected chi connectivity index (χ2v) is 4.27. The molecule has 0 saturated heterocycles. The number of likely N-dealkylation sites (N-methyl/N-ethyl adjacent to an activating group) is 1. The maximum Gasteiger partial charge on any atom is 0.237 e. The third-order valence-corrected chi connectivity index (χ3v) is 2.93. The van der Waals surface area contributed by atoms with Crippen LogP contribution in [0.25, 0.3) is 0 Å². The van der Waals surface area contributed by atoms with Crippen LogP contribution in [0.1, 0.15) is 18.9 Å². The molecule has 4 heteroatoms. The van der Waals surface area contributed by atoms with Gasteiger partial charge < -0.3 is 5.32 Å². The van der Waals surface area contributed by atoms with Crippen LogP contribution < -0.4 is 5.32 Å². The van der Waals surface area contributed by atoms with Gasteiger partial charge in [-0.2, -0.15) is 5.26 Å². The van der Waals surface area contributed by atoms with Gasteiger partial charge in [-0.3, -0.25) is 9.69 Å². The number of hydrogen-bond acceptors (Lipinski definition) is 3. The summed E-state index contributed by atoms with van der Waals surface area (Å²) in [5.74, 6) is -0.0145. The molecule has 0 aliphatic carbocycles. The van der Waals surface area contributed by atoms with E-state index in [9.17, 15) is 4.79 Å². The molecule has 4 nitrogen and oxygen atoms in total. The molecule has 0 heterocycles. The van der Waals surface area contributed by atoms with Gasteiger partial charge in [-0.05, 0) is 19.5 Å². The van der Waals surface area contributed by atoms with E-state index in [1.165, 1.54) is 0 Å². The van der Waals surface area contributed by atoms with Crippen molar-refractivity contribution in [2.24, 2.45) is 0 Å². The van der Waals surface area contributed by atoms with Crippen LogP contribution in [0.3, 0.4) is 0 Å². The summed E-state index contributed by atoms with van der Waals surface area (Å²) in [6.07, 6.45) is 0.437. The second-order valence-electron chi connectivity index (χ2n) is 4.27. The molecule has 0 aliphatic heterocycles. The van der Waals surface area contributed by atoms with Crippen LogP contribution in [0, 0.1) is 11.3 Å². The highest BCUT2D eigenvalue weighted by Gasteiger charge is 2.16. The van der Waals surface area contributed by atoms with Crippen molar-refractivity contribution in [2.75, 3.05) is 13.6 Å². The normalized spacial score (nSPS) is 11.9. The van der Waals surface area contributed by atoms with Crippen LogP contribution in [0.4, 0.5) is 0 Å². The minimum Gasteiger partial charge on any atom is -0.351 e. The van der Waals surface area contributed by atoms with Crippen molar-refractivity contribution in [2.45, 2.75) is 25.9 Å². The number of nitriles is 1. The quantitative estimate of drug-likeness (QED) is 0.827. The van der Waals surface area contributed by atoms with Gasteiger partial charge in [0.1, 0.15) is 0 Å². The highest BCUT2D eigenvalue weighted by Crippen LogP contribution is 2.00. The summed E-state index contributed by atoms with van der Waals surface area (Å²) in [6, 6.07) is 11.7. The van der Waals surface area contributed by atoms with Gasteiger partial charge in [0, 0.05) is 19.5 Å². The van der Waals surface area contributed by atoms with Gasteiger partial charge in [0.2, 0.25) is 5.91 Å². The molecule has 1 unspecified atom stereocenters. The Balaban J connectivity index is 2.38. The molecule has 0 aliphatic rings. The molecule has 1 N–H and O–H groups in total. The summed E-state index contributed by atoms with van der Waals surface area (Å²) < 4.78 is 0. The molecule has 0 fully saturated rings. The zero-order valence-electron chi connectivity index (χ0n) is 10.9. The minimum absolute atomic E-state index is 0.0145. The third kappa shape index (κ3) is 4.56. The van der Waals surface area contributed by atoms with E-state index in [4.69, 9.17) is 5.26 Å². The Morgan fingerprint density at radius 1 is 1.44 bits per heavy atom. The molecule has 1 atom stereocenters. The number of carbonyl (C=O) groups is 1. The topological polar surface area (TPSA) is 56.1 Å². The zero-order valence-corrected chi connectivity index (χ0v) is 10.9. The molecule has 0 spiro atoms. The van der Waals surface area contributed by atoms with E-state index in [0.717, 1.165) is 5.56 Å². The Morgan fingerprint density at radius 3 is 2.72 bits per heavy atom. The molecule has 0 bridgehead atoms. The Hall–Kier alpha value is -1.86. The Bertz CT molecular complexity index is 411. The van der Waals surface area contributed by atoms with Crippen LogP contribution in [-0.4, -0.2) is 30.4 Å². The van der Waals surface area contributed by atoms with Crippen molar-refractivity contribution in [3.05, 3.63) is 35.9 Å². The van der Waals surface area contributed by atoms with Crippen molar-refractivity contribution in [3.63, 3.8) is 0 Å². The van der Waals surface area contributed by atoms with Gasteiger partial charge in [0.25, 0.3) is 0 Å². The van der Waals surface area contributed by atoms with Gasteiger partial charge in [0.15, 0.2) is 0 Å². The van der Waals surface area contributed by atoms with Gasteiger partial charge in [-0.1, -0.05) is 30.3 Å². The van der Waals surface area contributed by atoms with E-state index in [2.05, 4.69) is 11.4 Å². The molecule has 0 aromatic heterocycles. The average molecular weight is 245 g/mol. The predicted octanol–water partition coefficient (Wildman–Crippen LogP) is 1.54. The SMILES string of the molecule is CC(C(=O)NCc1ccccc1)N(C)CCC#N. The van der Waals surface area contributed by atoms with Gasteiger partial charge in [0.05, 0.1) is 12.1 Å². The van der Waals surface area contributed by atoms with Crippen molar-refractivity contribution < 1.29 is 4.79 Å². The lowest BCUT2D eigenvalue weighted by atomic mass is 10.2. The number of nitrogens with one attached hydrogen (secondary N) is 1. The number of benzene rings is 1. The van der Waals surface area contributed by atoms with Crippen LogP contribution >= 0.6 is 0 Å². The minimum atomic E-state index is -0.220. The van der Waals surface area contributed by atoms with E-state index in [1.807, 2.05) is 49.2 Å². The van der Waals surface area contributed by atoms with Crippen LogP contribution in [0.2, 0.25) is 0 Å². The summed E-state index contributed by atoms with van der Waals surface area (Å²) in [7, 11) is 1.85.